The van der Waals surface area contributed by atoms with E-state index in [0.29, 0.717) is 6.42 Å². The van der Waals surface area contributed by atoms with Gasteiger partial charge in [0.05, 0.1) is 7.11 Å². The average molecular weight is 339 g/mol. The molecule has 0 aliphatic rings. The van der Waals surface area contributed by atoms with E-state index < -0.39 is 12.1 Å². The van der Waals surface area contributed by atoms with Gasteiger partial charge in [-0.1, -0.05) is 66.7 Å². The third-order valence-electron chi connectivity index (χ3n) is 3.48. The second-order valence-corrected chi connectivity index (χ2v) is 5.32. The number of allylic oxidation sites excluding steroid dienone is 1. The van der Waals surface area contributed by atoms with Gasteiger partial charge in [0.1, 0.15) is 12.3 Å². The second-order valence-electron chi connectivity index (χ2n) is 5.32. The summed E-state index contributed by atoms with van der Waals surface area (Å²) in [5, 5.41) is 2.45. The molecule has 0 radical (unpaired) electrons. The van der Waals surface area contributed by atoms with Crippen LogP contribution in [-0.2, 0) is 27.3 Å². The van der Waals surface area contributed by atoms with Crippen LogP contribution in [0.25, 0.3) is 0 Å². The molecule has 0 heterocycles. The van der Waals surface area contributed by atoms with Crippen molar-refractivity contribution in [3.63, 3.8) is 0 Å². The molecule has 0 saturated heterocycles. The molecule has 0 aliphatic heterocycles. The smallest absolute Gasteiger partial charge is 0.412 e. The number of benzene rings is 2. The maximum Gasteiger partial charge on any atom is 0.412 e. The molecule has 5 heteroatoms. The van der Waals surface area contributed by atoms with Crippen molar-refractivity contribution < 1.29 is 19.1 Å². The van der Waals surface area contributed by atoms with Crippen LogP contribution in [0.5, 0.6) is 0 Å². The molecule has 0 atom stereocenters. The Labute approximate surface area is 147 Å². The van der Waals surface area contributed by atoms with Crippen molar-refractivity contribution >= 4 is 12.1 Å². The van der Waals surface area contributed by atoms with Gasteiger partial charge in [-0.05, 0) is 24.0 Å². The van der Waals surface area contributed by atoms with Gasteiger partial charge in [0, 0.05) is 0 Å². The zero-order valence-corrected chi connectivity index (χ0v) is 14.1. The molecular formula is C20H21NO4. The van der Waals surface area contributed by atoms with E-state index in [1.165, 1.54) is 7.11 Å². The first-order chi connectivity index (χ1) is 12.2. The number of aryl methyl sites for hydroxylation is 1. The lowest BCUT2D eigenvalue weighted by Crippen LogP contribution is -2.28. The summed E-state index contributed by atoms with van der Waals surface area (Å²) in [5.74, 6) is -0.607. The van der Waals surface area contributed by atoms with Crippen LogP contribution in [0.1, 0.15) is 17.5 Å². The highest BCUT2D eigenvalue weighted by atomic mass is 16.6. The van der Waals surface area contributed by atoms with E-state index in [4.69, 9.17) is 9.47 Å². The molecule has 2 aromatic carbocycles. The van der Waals surface area contributed by atoms with Crippen LogP contribution < -0.4 is 5.32 Å². The lowest BCUT2D eigenvalue weighted by molar-refractivity contribution is -0.136. The van der Waals surface area contributed by atoms with E-state index >= 15 is 0 Å². The van der Waals surface area contributed by atoms with Crippen LogP contribution in [0.15, 0.2) is 72.4 Å². The highest BCUT2D eigenvalue weighted by molar-refractivity contribution is 5.92. The Morgan fingerprint density at radius 1 is 0.960 bits per heavy atom. The summed E-state index contributed by atoms with van der Waals surface area (Å²) >= 11 is 0. The summed E-state index contributed by atoms with van der Waals surface area (Å²) in [5.41, 5.74) is 2.09. The van der Waals surface area contributed by atoms with Crippen molar-refractivity contribution in [1.82, 2.24) is 5.32 Å². The Bertz CT molecular complexity index is 711. The van der Waals surface area contributed by atoms with Crippen LogP contribution in [0, 0.1) is 0 Å². The molecule has 2 aromatic rings. The van der Waals surface area contributed by atoms with Gasteiger partial charge in [0.15, 0.2) is 0 Å². The molecule has 130 valence electrons. The summed E-state index contributed by atoms with van der Waals surface area (Å²) in [6.45, 7) is 0.130. The number of methoxy groups -OCH3 is 1. The SMILES string of the molecule is COC(=O)/C(=C\CCc1ccccc1)NC(=O)OCc1ccccc1. The number of ether oxygens (including phenoxy) is 2. The number of carbonyl (C=O) groups is 2. The number of rotatable bonds is 7. The molecule has 25 heavy (non-hydrogen) atoms. The fraction of sp³-hybridized carbons (Fsp3) is 0.200. The molecule has 0 aromatic heterocycles. The molecule has 5 nitrogen and oxygen atoms in total. The van der Waals surface area contributed by atoms with Crippen molar-refractivity contribution in [2.24, 2.45) is 0 Å². The maximum atomic E-state index is 11.9. The second kappa shape index (κ2) is 9.93. The van der Waals surface area contributed by atoms with Crippen molar-refractivity contribution in [2.45, 2.75) is 19.4 Å². The predicted octanol–water partition coefficient (Wildman–Crippen LogP) is 3.60. The van der Waals surface area contributed by atoms with Gasteiger partial charge in [-0.15, -0.1) is 0 Å². The monoisotopic (exact) mass is 339 g/mol. The van der Waals surface area contributed by atoms with Gasteiger partial charge in [0.2, 0.25) is 0 Å². The lowest BCUT2D eigenvalue weighted by Gasteiger charge is -2.09. The summed E-state index contributed by atoms with van der Waals surface area (Å²) in [6.07, 6.45) is 2.29. The quantitative estimate of drug-likeness (QED) is 0.618. The van der Waals surface area contributed by atoms with E-state index in [-0.39, 0.29) is 12.3 Å². The van der Waals surface area contributed by atoms with E-state index in [1.807, 2.05) is 60.7 Å². The first-order valence-corrected chi connectivity index (χ1v) is 7.99. The fourth-order valence-electron chi connectivity index (χ4n) is 2.19. The number of esters is 1. The van der Waals surface area contributed by atoms with Gasteiger partial charge in [0.25, 0.3) is 0 Å². The summed E-state index contributed by atoms with van der Waals surface area (Å²) < 4.78 is 9.82. The topological polar surface area (TPSA) is 64.6 Å². The molecule has 0 spiro atoms. The normalized spacial score (nSPS) is 10.8. The lowest BCUT2D eigenvalue weighted by atomic mass is 10.1. The number of amides is 1. The van der Waals surface area contributed by atoms with Gasteiger partial charge >= 0.3 is 12.1 Å². The van der Waals surface area contributed by atoms with Crippen LogP contribution in [0.4, 0.5) is 4.79 Å². The zero-order chi connectivity index (χ0) is 17.9. The largest absolute Gasteiger partial charge is 0.464 e. The minimum absolute atomic E-state index is 0.0801. The van der Waals surface area contributed by atoms with Gasteiger partial charge < -0.3 is 9.47 Å². The Morgan fingerprint density at radius 2 is 1.56 bits per heavy atom. The minimum Gasteiger partial charge on any atom is -0.464 e. The molecule has 1 N–H and O–H groups in total. The van der Waals surface area contributed by atoms with Crippen molar-refractivity contribution in [3.05, 3.63) is 83.6 Å². The number of hydrogen-bond acceptors (Lipinski definition) is 4. The highest BCUT2D eigenvalue weighted by Gasteiger charge is 2.14. The summed E-state index contributed by atoms with van der Waals surface area (Å²) in [7, 11) is 1.27. The Hall–Kier alpha value is -3.08. The van der Waals surface area contributed by atoms with Crippen molar-refractivity contribution in [3.8, 4) is 0 Å². The molecule has 2 rings (SSSR count). The van der Waals surface area contributed by atoms with Crippen LogP contribution in [-0.4, -0.2) is 19.2 Å². The van der Waals surface area contributed by atoms with Crippen molar-refractivity contribution in [1.29, 1.82) is 0 Å². The maximum absolute atomic E-state index is 11.9. The van der Waals surface area contributed by atoms with E-state index in [1.54, 1.807) is 6.08 Å². The van der Waals surface area contributed by atoms with Crippen molar-refractivity contribution in [2.75, 3.05) is 7.11 Å². The Morgan fingerprint density at radius 3 is 2.16 bits per heavy atom. The van der Waals surface area contributed by atoms with Gasteiger partial charge in [-0.25, -0.2) is 9.59 Å². The summed E-state index contributed by atoms with van der Waals surface area (Å²) in [4.78, 5) is 23.7. The van der Waals surface area contributed by atoms with Crippen LogP contribution in [0.3, 0.4) is 0 Å². The standard InChI is InChI=1S/C20H21NO4/c1-24-19(22)18(14-8-13-16-9-4-2-5-10-16)21-20(23)25-15-17-11-6-3-7-12-17/h2-7,9-12,14H,8,13,15H2,1H3,(H,21,23)/b18-14+. The van der Waals surface area contributed by atoms with E-state index in [9.17, 15) is 9.59 Å². The third-order valence-corrected chi connectivity index (χ3v) is 3.48. The molecule has 0 saturated carbocycles. The third kappa shape index (κ3) is 6.51. The summed E-state index contributed by atoms with van der Waals surface area (Å²) in [6, 6.07) is 19.2. The molecular weight excluding hydrogens is 318 g/mol. The van der Waals surface area contributed by atoms with Gasteiger partial charge in [-0.2, -0.15) is 0 Å². The van der Waals surface area contributed by atoms with Gasteiger partial charge in [-0.3, -0.25) is 5.32 Å². The molecule has 0 fully saturated rings. The number of hydrogen-bond donors (Lipinski definition) is 1. The van der Waals surface area contributed by atoms with Crippen LogP contribution in [0.2, 0.25) is 0 Å². The first kappa shape index (κ1) is 18.3. The molecule has 1 amide bonds. The molecule has 0 bridgehead atoms. The molecule has 0 unspecified atom stereocenters. The minimum atomic E-state index is -0.694. The zero-order valence-electron chi connectivity index (χ0n) is 14.1. The predicted molar refractivity (Wildman–Crippen MR) is 94.6 cm³/mol. The highest BCUT2D eigenvalue weighted by Crippen LogP contribution is 2.06. The Balaban J connectivity index is 1.89. The van der Waals surface area contributed by atoms with Crippen LogP contribution >= 0.6 is 0 Å². The molecule has 0 aliphatic carbocycles. The average Bonchev–Trinajstić information content (AvgIpc) is 2.66. The Kier molecular flexibility index (Phi) is 7.25. The number of nitrogens with one attached hydrogen (secondary N) is 1. The van der Waals surface area contributed by atoms with E-state index in [0.717, 1.165) is 17.5 Å². The van der Waals surface area contributed by atoms with E-state index in [2.05, 4.69) is 5.32 Å². The first-order valence-electron chi connectivity index (χ1n) is 7.99. The number of alkyl carbamates (subject to hydrolysis) is 1. The fourth-order valence-corrected chi connectivity index (χ4v) is 2.19. The number of carbonyl (C=O) groups excluding carboxylic acids is 2.